The summed E-state index contributed by atoms with van der Waals surface area (Å²) in [5.74, 6) is 0.787. The minimum absolute atomic E-state index is 0.693. The highest BCUT2D eigenvalue weighted by atomic mass is 35.5. The second-order valence-electron chi connectivity index (χ2n) is 5.00. The lowest BCUT2D eigenvalue weighted by Crippen LogP contribution is -2.00. The molecule has 1 aliphatic carbocycles. The lowest BCUT2D eigenvalue weighted by Gasteiger charge is -2.10. The molecule has 3 heteroatoms. The first-order valence-electron chi connectivity index (χ1n) is 6.50. The summed E-state index contributed by atoms with van der Waals surface area (Å²) >= 11 is 12.1. The molecule has 0 unspecified atom stereocenters. The SMILES string of the molecule is Clc1ccc(Cl)c(NCc2cccc(C3CC3)c2)c1. The quantitative estimate of drug-likeness (QED) is 0.786. The first-order chi connectivity index (χ1) is 9.22. The summed E-state index contributed by atoms with van der Waals surface area (Å²) in [4.78, 5) is 0. The smallest absolute Gasteiger partial charge is 0.0638 e. The highest BCUT2D eigenvalue weighted by Crippen LogP contribution is 2.40. The first kappa shape index (κ1) is 12.8. The van der Waals surface area contributed by atoms with Crippen molar-refractivity contribution < 1.29 is 0 Å². The minimum Gasteiger partial charge on any atom is -0.380 e. The van der Waals surface area contributed by atoms with E-state index in [9.17, 15) is 0 Å². The highest BCUT2D eigenvalue weighted by Gasteiger charge is 2.23. The van der Waals surface area contributed by atoms with E-state index in [4.69, 9.17) is 23.2 Å². The zero-order chi connectivity index (χ0) is 13.2. The van der Waals surface area contributed by atoms with Crippen molar-refractivity contribution >= 4 is 28.9 Å². The van der Waals surface area contributed by atoms with Gasteiger partial charge in [0, 0.05) is 11.6 Å². The molecule has 0 aliphatic heterocycles. The van der Waals surface area contributed by atoms with Crippen LogP contribution in [0.25, 0.3) is 0 Å². The van der Waals surface area contributed by atoms with Gasteiger partial charge in [-0.1, -0.05) is 47.5 Å². The Balaban J connectivity index is 1.71. The number of halogens is 2. The molecule has 2 aromatic carbocycles. The number of hydrogen-bond acceptors (Lipinski definition) is 1. The molecule has 0 bridgehead atoms. The number of benzene rings is 2. The zero-order valence-corrected chi connectivity index (χ0v) is 12.0. The van der Waals surface area contributed by atoms with Crippen molar-refractivity contribution in [2.75, 3.05) is 5.32 Å². The van der Waals surface area contributed by atoms with Gasteiger partial charge in [-0.2, -0.15) is 0 Å². The van der Waals surface area contributed by atoms with Crippen molar-refractivity contribution in [1.29, 1.82) is 0 Å². The van der Waals surface area contributed by atoms with Crippen LogP contribution in [0.1, 0.15) is 29.9 Å². The van der Waals surface area contributed by atoms with Crippen LogP contribution in [-0.4, -0.2) is 0 Å². The molecule has 0 radical (unpaired) electrons. The van der Waals surface area contributed by atoms with Gasteiger partial charge < -0.3 is 5.32 Å². The van der Waals surface area contributed by atoms with E-state index in [-0.39, 0.29) is 0 Å². The van der Waals surface area contributed by atoms with Gasteiger partial charge >= 0.3 is 0 Å². The van der Waals surface area contributed by atoms with E-state index in [1.165, 1.54) is 24.0 Å². The van der Waals surface area contributed by atoms with Crippen LogP contribution < -0.4 is 5.32 Å². The fourth-order valence-corrected chi connectivity index (χ4v) is 2.56. The summed E-state index contributed by atoms with van der Waals surface area (Å²) in [5.41, 5.74) is 3.61. The van der Waals surface area contributed by atoms with E-state index in [1.807, 2.05) is 12.1 Å². The lowest BCUT2D eigenvalue weighted by atomic mass is 10.1. The second-order valence-corrected chi connectivity index (χ2v) is 5.84. The van der Waals surface area contributed by atoms with Crippen LogP contribution >= 0.6 is 23.2 Å². The van der Waals surface area contributed by atoms with E-state index in [1.54, 1.807) is 6.07 Å². The molecule has 0 heterocycles. The molecular formula is C16H15Cl2N. The average molecular weight is 292 g/mol. The molecule has 1 fully saturated rings. The number of anilines is 1. The van der Waals surface area contributed by atoms with Crippen molar-refractivity contribution in [3.8, 4) is 0 Å². The molecular weight excluding hydrogens is 277 g/mol. The van der Waals surface area contributed by atoms with Crippen molar-refractivity contribution in [3.63, 3.8) is 0 Å². The van der Waals surface area contributed by atoms with Gasteiger partial charge in [0.15, 0.2) is 0 Å². The molecule has 0 amide bonds. The van der Waals surface area contributed by atoms with Crippen LogP contribution in [0, 0.1) is 0 Å². The predicted molar refractivity (Wildman–Crippen MR) is 82.2 cm³/mol. The Bertz CT molecular complexity index is 591. The fourth-order valence-electron chi connectivity index (χ4n) is 2.20. The standard InChI is InChI=1S/C16H15Cl2N/c17-14-6-7-15(18)16(9-14)19-10-11-2-1-3-13(8-11)12-4-5-12/h1-3,6-9,12,19H,4-5,10H2. The minimum atomic E-state index is 0.693. The average Bonchev–Trinajstić information content (AvgIpc) is 3.25. The molecule has 1 nitrogen and oxygen atoms in total. The normalized spacial score (nSPS) is 14.4. The van der Waals surface area contributed by atoms with Gasteiger partial charge in [-0.25, -0.2) is 0 Å². The van der Waals surface area contributed by atoms with Crippen LogP contribution in [0.5, 0.6) is 0 Å². The van der Waals surface area contributed by atoms with Gasteiger partial charge in [0.2, 0.25) is 0 Å². The van der Waals surface area contributed by atoms with E-state index >= 15 is 0 Å². The van der Waals surface area contributed by atoms with Gasteiger partial charge in [-0.3, -0.25) is 0 Å². The van der Waals surface area contributed by atoms with E-state index in [2.05, 4.69) is 29.6 Å². The summed E-state index contributed by atoms with van der Waals surface area (Å²) in [5, 5.41) is 4.73. The fraction of sp³-hybridized carbons (Fsp3) is 0.250. The van der Waals surface area contributed by atoms with E-state index in [0.717, 1.165) is 18.2 Å². The number of rotatable bonds is 4. The van der Waals surface area contributed by atoms with Crippen molar-refractivity contribution in [3.05, 3.63) is 63.6 Å². The molecule has 0 atom stereocenters. The molecule has 0 spiro atoms. The maximum absolute atomic E-state index is 6.13. The van der Waals surface area contributed by atoms with Crippen molar-refractivity contribution in [2.24, 2.45) is 0 Å². The first-order valence-corrected chi connectivity index (χ1v) is 7.26. The Morgan fingerprint density at radius 3 is 2.68 bits per heavy atom. The van der Waals surface area contributed by atoms with Crippen LogP contribution in [0.2, 0.25) is 10.0 Å². The summed E-state index contributed by atoms with van der Waals surface area (Å²) in [6.07, 6.45) is 2.66. The maximum Gasteiger partial charge on any atom is 0.0638 e. The lowest BCUT2D eigenvalue weighted by molar-refractivity contribution is 1.09. The second kappa shape index (κ2) is 5.44. The Hall–Kier alpha value is -1.18. The summed E-state index contributed by atoms with van der Waals surface area (Å²) in [6.45, 7) is 0.765. The van der Waals surface area contributed by atoms with Gasteiger partial charge in [-0.15, -0.1) is 0 Å². The van der Waals surface area contributed by atoms with Gasteiger partial charge in [0.1, 0.15) is 0 Å². The Morgan fingerprint density at radius 1 is 1.05 bits per heavy atom. The molecule has 1 N–H and O–H groups in total. The largest absolute Gasteiger partial charge is 0.380 e. The van der Waals surface area contributed by atoms with Gasteiger partial charge in [0.05, 0.1) is 10.7 Å². The van der Waals surface area contributed by atoms with Crippen LogP contribution in [0.3, 0.4) is 0 Å². The molecule has 1 aliphatic rings. The van der Waals surface area contributed by atoms with E-state index < -0.39 is 0 Å². The van der Waals surface area contributed by atoms with Crippen LogP contribution in [-0.2, 0) is 6.54 Å². The van der Waals surface area contributed by atoms with Crippen LogP contribution in [0.15, 0.2) is 42.5 Å². The molecule has 0 saturated heterocycles. The Kier molecular flexibility index (Phi) is 3.67. The topological polar surface area (TPSA) is 12.0 Å². The van der Waals surface area contributed by atoms with Crippen molar-refractivity contribution in [2.45, 2.75) is 25.3 Å². The van der Waals surface area contributed by atoms with Gasteiger partial charge in [0.25, 0.3) is 0 Å². The summed E-state index contributed by atoms with van der Waals surface area (Å²) < 4.78 is 0. The molecule has 1 saturated carbocycles. The summed E-state index contributed by atoms with van der Waals surface area (Å²) in [6, 6.07) is 14.2. The van der Waals surface area contributed by atoms with Crippen molar-refractivity contribution in [1.82, 2.24) is 0 Å². The zero-order valence-electron chi connectivity index (χ0n) is 10.5. The third kappa shape index (κ3) is 3.23. The molecule has 19 heavy (non-hydrogen) atoms. The highest BCUT2D eigenvalue weighted by molar-refractivity contribution is 6.35. The summed E-state index contributed by atoms with van der Waals surface area (Å²) in [7, 11) is 0. The molecule has 3 rings (SSSR count). The molecule has 2 aromatic rings. The number of nitrogens with one attached hydrogen (secondary N) is 1. The van der Waals surface area contributed by atoms with Gasteiger partial charge in [-0.05, 0) is 48.1 Å². The van der Waals surface area contributed by atoms with E-state index in [0.29, 0.717) is 10.0 Å². The monoisotopic (exact) mass is 291 g/mol. The maximum atomic E-state index is 6.13. The van der Waals surface area contributed by atoms with Crippen LogP contribution in [0.4, 0.5) is 5.69 Å². The third-order valence-electron chi connectivity index (χ3n) is 3.41. The number of hydrogen-bond donors (Lipinski definition) is 1. The third-order valence-corrected chi connectivity index (χ3v) is 3.98. The Labute approximate surface area is 123 Å². The predicted octanol–water partition coefficient (Wildman–Crippen LogP) is 5.48. The Morgan fingerprint density at radius 2 is 1.89 bits per heavy atom. The molecule has 0 aromatic heterocycles. The molecule has 98 valence electrons.